The lowest BCUT2D eigenvalue weighted by atomic mass is 10.2. The van der Waals surface area contributed by atoms with Crippen LogP contribution in [0.4, 0.5) is 0 Å². The van der Waals surface area contributed by atoms with Crippen LogP contribution in [0, 0.1) is 0 Å². The Kier molecular flexibility index (Phi) is 10.1. The highest BCUT2D eigenvalue weighted by atomic mass is 32.2. The van der Waals surface area contributed by atoms with Gasteiger partial charge in [-0.05, 0) is 44.3 Å². The van der Waals surface area contributed by atoms with Gasteiger partial charge in [0.1, 0.15) is 5.44 Å². The summed E-state index contributed by atoms with van der Waals surface area (Å²) in [5.41, 5.74) is 0.423. The van der Waals surface area contributed by atoms with E-state index in [2.05, 4.69) is 10.6 Å². The van der Waals surface area contributed by atoms with Crippen molar-refractivity contribution < 1.29 is 9.53 Å². The lowest BCUT2D eigenvalue weighted by Crippen LogP contribution is -2.32. The van der Waals surface area contributed by atoms with E-state index < -0.39 is 0 Å². The standard InChI is InChI=1S/C14H26N2O2S2/c1-12(17)15-8-9-16-13(19)6-3-5-11-20-14-7-2-4-10-18-14/h14H,2-11H2,1H3,(H,15,17)(H,16,19). The lowest BCUT2D eigenvalue weighted by molar-refractivity contribution is -0.118. The third-order valence-corrected chi connectivity index (χ3v) is 4.68. The number of ether oxygens (including phenoxy) is 1. The molecule has 0 spiro atoms. The number of unbranched alkanes of at least 4 members (excludes halogenated alkanes) is 1. The van der Waals surface area contributed by atoms with E-state index in [1.54, 1.807) is 0 Å². The maximum atomic E-state index is 10.7. The molecule has 1 fully saturated rings. The zero-order valence-electron chi connectivity index (χ0n) is 12.3. The molecule has 2 N–H and O–H groups in total. The zero-order chi connectivity index (χ0) is 14.6. The van der Waals surface area contributed by atoms with E-state index in [9.17, 15) is 4.79 Å². The van der Waals surface area contributed by atoms with Crippen LogP contribution in [0.3, 0.4) is 0 Å². The van der Waals surface area contributed by atoms with Crippen molar-refractivity contribution >= 4 is 34.9 Å². The molecular formula is C14H26N2O2S2. The van der Waals surface area contributed by atoms with Crippen LogP contribution in [0.5, 0.6) is 0 Å². The van der Waals surface area contributed by atoms with E-state index in [0.29, 0.717) is 18.5 Å². The van der Waals surface area contributed by atoms with E-state index in [-0.39, 0.29) is 5.91 Å². The maximum Gasteiger partial charge on any atom is 0.216 e. The minimum absolute atomic E-state index is 0.000301. The quantitative estimate of drug-likeness (QED) is 0.505. The fourth-order valence-corrected chi connectivity index (χ4v) is 3.38. The number of carbonyl (C=O) groups excluding carboxylic acids is 1. The maximum absolute atomic E-state index is 10.7. The Bertz CT molecular complexity index is 295. The van der Waals surface area contributed by atoms with Crippen molar-refractivity contribution in [3.8, 4) is 0 Å². The van der Waals surface area contributed by atoms with E-state index in [4.69, 9.17) is 17.0 Å². The molecule has 1 heterocycles. The van der Waals surface area contributed by atoms with Crippen molar-refractivity contribution in [1.82, 2.24) is 10.6 Å². The van der Waals surface area contributed by atoms with Crippen LogP contribution >= 0.6 is 24.0 Å². The Hall–Kier alpha value is -0.330. The van der Waals surface area contributed by atoms with Crippen LogP contribution in [0.15, 0.2) is 0 Å². The second-order valence-corrected chi connectivity index (χ2v) is 6.72. The molecule has 1 rings (SSSR count). The summed E-state index contributed by atoms with van der Waals surface area (Å²) in [5, 5.41) is 5.90. The van der Waals surface area contributed by atoms with Crippen molar-refractivity contribution in [3.05, 3.63) is 0 Å². The molecule has 0 radical (unpaired) electrons. The summed E-state index contributed by atoms with van der Waals surface area (Å²) in [4.78, 5) is 11.6. The minimum atomic E-state index is -0.000301. The molecule has 0 saturated carbocycles. The van der Waals surface area contributed by atoms with Gasteiger partial charge >= 0.3 is 0 Å². The highest BCUT2D eigenvalue weighted by Crippen LogP contribution is 2.24. The van der Waals surface area contributed by atoms with Crippen LogP contribution in [0.1, 0.15) is 45.4 Å². The van der Waals surface area contributed by atoms with Crippen molar-refractivity contribution in [2.24, 2.45) is 0 Å². The first-order valence-electron chi connectivity index (χ1n) is 7.43. The third-order valence-electron chi connectivity index (χ3n) is 3.06. The van der Waals surface area contributed by atoms with E-state index >= 15 is 0 Å². The number of hydrogen-bond donors (Lipinski definition) is 2. The lowest BCUT2D eigenvalue weighted by Gasteiger charge is -2.21. The monoisotopic (exact) mass is 318 g/mol. The van der Waals surface area contributed by atoms with Crippen molar-refractivity contribution in [2.45, 2.75) is 50.9 Å². The smallest absolute Gasteiger partial charge is 0.216 e. The summed E-state index contributed by atoms with van der Waals surface area (Å²) in [6.45, 7) is 3.79. The van der Waals surface area contributed by atoms with E-state index in [0.717, 1.165) is 30.2 Å². The van der Waals surface area contributed by atoms with Crippen LogP contribution in [-0.4, -0.2) is 41.8 Å². The Balaban J connectivity index is 1.87. The third kappa shape index (κ3) is 9.55. The van der Waals surface area contributed by atoms with E-state index in [1.165, 1.54) is 32.6 Å². The molecule has 1 amide bonds. The number of nitrogens with one attached hydrogen (secondary N) is 2. The molecule has 1 aliphatic rings. The molecule has 6 heteroatoms. The van der Waals surface area contributed by atoms with Gasteiger partial charge in [-0.3, -0.25) is 4.79 Å². The highest BCUT2D eigenvalue weighted by molar-refractivity contribution is 7.99. The molecule has 0 bridgehead atoms. The molecule has 20 heavy (non-hydrogen) atoms. The van der Waals surface area contributed by atoms with Crippen LogP contribution in [0.25, 0.3) is 0 Å². The summed E-state index contributed by atoms with van der Waals surface area (Å²) >= 11 is 7.19. The van der Waals surface area contributed by atoms with Gasteiger partial charge in [-0.2, -0.15) is 0 Å². The molecule has 1 atom stereocenters. The minimum Gasteiger partial charge on any atom is -0.378 e. The molecule has 1 unspecified atom stereocenters. The molecule has 116 valence electrons. The normalized spacial score (nSPS) is 18.6. The zero-order valence-corrected chi connectivity index (χ0v) is 13.9. The molecule has 4 nitrogen and oxygen atoms in total. The Morgan fingerprint density at radius 2 is 2.10 bits per heavy atom. The van der Waals surface area contributed by atoms with E-state index in [1.807, 2.05) is 11.8 Å². The summed E-state index contributed by atoms with van der Waals surface area (Å²) in [6, 6.07) is 0. The second-order valence-electron chi connectivity index (χ2n) is 4.96. The average molecular weight is 319 g/mol. The largest absolute Gasteiger partial charge is 0.378 e. The number of amides is 1. The summed E-state index contributed by atoms with van der Waals surface area (Å²) < 4.78 is 5.68. The van der Waals surface area contributed by atoms with Gasteiger partial charge in [0.25, 0.3) is 0 Å². The molecule has 0 aliphatic carbocycles. The first-order valence-corrected chi connectivity index (χ1v) is 8.88. The first-order chi connectivity index (χ1) is 9.68. The van der Waals surface area contributed by atoms with Crippen molar-refractivity contribution in [2.75, 3.05) is 25.4 Å². The second kappa shape index (κ2) is 11.3. The summed E-state index contributed by atoms with van der Waals surface area (Å²) in [5.74, 6) is 1.15. The number of hydrogen-bond acceptors (Lipinski definition) is 4. The topological polar surface area (TPSA) is 50.4 Å². The van der Waals surface area contributed by atoms with Crippen LogP contribution < -0.4 is 10.6 Å². The molecule has 1 saturated heterocycles. The first kappa shape index (κ1) is 17.7. The number of thioether (sulfide) groups is 1. The Morgan fingerprint density at radius 3 is 2.80 bits per heavy atom. The number of rotatable bonds is 9. The number of carbonyl (C=O) groups is 1. The van der Waals surface area contributed by atoms with Crippen LogP contribution in [-0.2, 0) is 9.53 Å². The van der Waals surface area contributed by atoms with Gasteiger partial charge in [0.05, 0.1) is 4.99 Å². The van der Waals surface area contributed by atoms with Crippen LogP contribution in [0.2, 0.25) is 0 Å². The summed E-state index contributed by atoms with van der Waals surface area (Å²) in [6.07, 6.45) is 6.95. The van der Waals surface area contributed by atoms with Gasteiger partial charge in [-0.15, -0.1) is 11.8 Å². The van der Waals surface area contributed by atoms with Crippen molar-refractivity contribution in [1.29, 1.82) is 0 Å². The number of thiocarbonyl (C=S) groups is 1. The fourth-order valence-electron chi connectivity index (χ4n) is 1.97. The average Bonchev–Trinajstić information content (AvgIpc) is 2.44. The predicted molar refractivity (Wildman–Crippen MR) is 89.2 cm³/mol. The molecule has 1 aliphatic heterocycles. The highest BCUT2D eigenvalue weighted by Gasteiger charge is 2.13. The van der Waals surface area contributed by atoms with Crippen molar-refractivity contribution in [3.63, 3.8) is 0 Å². The molecule has 0 aromatic rings. The van der Waals surface area contributed by atoms with Gasteiger partial charge in [0, 0.05) is 26.6 Å². The molecule has 0 aromatic heterocycles. The predicted octanol–water partition coefficient (Wildman–Crippen LogP) is 2.47. The Labute approximate surface area is 131 Å². The Morgan fingerprint density at radius 1 is 1.30 bits per heavy atom. The van der Waals surface area contributed by atoms with Gasteiger partial charge < -0.3 is 15.4 Å². The van der Waals surface area contributed by atoms with Gasteiger partial charge in [0.2, 0.25) is 5.91 Å². The van der Waals surface area contributed by atoms with Gasteiger partial charge in [-0.1, -0.05) is 12.2 Å². The van der Waals surface area contributed by atoms with Gasteiger partial charge in [0.15, 0.2) is 0 Å². The molecular weight excluding hydrogens is 292 g/mol. The SMILES string of the molecule is CC(=O)NCCNC(=S)CCCCSC1CCCCO1. The van der Waals surface area contributed by atoms with Gasteiger partial charge in [-0.25, -0.2) is 0 Å². The fraction of sp³-hybridized carbons (Fsp3) is 0.857. The molecule has 0 aromatic carbocycles. The summed E-state index contributed by atoms with van der Waals surface area (Å²) in [7, 11) is 0.